The van der Waals surface area contributed by atoms with Gasteiger partial charge in [-0.2, -0.15) is 0 Å². The predicted octanol–water partition coefficient (Wildman–Crippen LogP) is 6.88. The molecule has 0 spiro atoms. The number of aryl methyl sites for hydroxylation is 1. The highest BCUT2D eigenvalue weighted by Gasteiger charge is 2.34. The smallest absolute Gasteiger partial charge is 0.410 e. The number of ether oxygens (including phenoxy) is 2. The van der Waals surface area contributed by atoms with Crippen molar-refractivity contribution in [2.45, 2.75) is 59.1 Å². The van der Waals surface area contributed by atoms with Crippen LogP contribution in [0.2, 0.25) is 0 Å². The van der Waals surface area contributed by atoms with Crippen LogP contribution in [0, 0.1) is 6.92 Å². The van der Waals surface area contributed by atoms with Gasteiger partial charge in [-0.15, -0.1) is 0 Å². The van der Waals surface area contributed by atoms with E-state index in [0.29, 0.717) is 23.7 Å². The van der Waals surface area contributed by atoms with Gasteiger partial charge in [-0.1, -0.05) is 18.2 Å². The van der Waals surface area contributed by atoms with Gasteiger partial charge in [0.05, 0.1) is 23.1 Å². The molecule has 7 nitrogen and oxygen atoms in total. The predicted molar refractivity (Wildman–Crippen MR) is 140 cm³/mol. The van der Waals surface area contributed by atoms with Crippen LogP contribution in [0.25, 0.3) is 11.3 Å². The molecular formula is C29H33N3O4. The van der Waals surface area contributed by atoms with Gasteiger partial charge in [0.25, 0.3) is 0 Å². The molecule has 7 heteroatoms. The van der Waals surface area contributed by atoms with E-state index in [0.717, 1.165) is 35.4 Å². The van der Waals surface area contributed by atoms with Crippen molar-refractivity contribution in [1.82, 2.24) is 9.88 Å². The number of nitrogens with zero attached hydrogens (tertiary/aromatic N) is 2. The van der Waals surface area contributed by atoms with Crippen molar-refractivity contribution in [2.24, 2.45) is 0 Å². The Morgan fingerprint density at radius 1 is 1.03 bits per heavy atom. The normalized spacial score (nSPS) is 15.5. The Bertz CT molecular complexity index is 1230. The first kappa shape index (κ1) is 25.2. The molecule has 1 aliphatic heterocycles. The van der Waals surface area contributed by atoms with Crippen molar-refractivity contribution in [3.8, 4) is 22.8 Å². The number of amides is 2. The molecule has 0 saturated carbocycles. The SMILES string of the molecule is CC(=O)Nc1c(C)cc(C2CCCN2C(=O)OC(C)(C)C)nc1-c1ccc(Oc2ccccc2)cc1. The van der Waals surface area contributed by atoms with Crippen LogP contribution in [0.1, 0.15) is 57.8 Å². The molecule has 0 aliphatic carbocycles. The monoisotopic (exact) mass is 487 g/mol. The minimum atomic E-state index is -0.572. The van der Waals surface area contributed by atoms with E-state index in [4.69, 9.17) is 14.5 Å². The summed E-state index contributed by atoms with van der Waals surface area (Å²) in [4.78, 5) is 31.6. The quantitative estimate of drug-likeness (QED) is 0.424. The second kappa shape index (κ2) is 10.4. The van der Waals surface area contributed by atoms with Gasteiger partial charge in [-0.25, -0.2) is 9.78 Å². The van der Waals surface area contributed by atoms with Gasteiger partial charge < -0.3 is 14.8 Å². The number of hydrogen-bond acceptors (Lipinski definition) is 5. The largest absolute Gasteiger partial charge is 0.457 e. The highest BCUT2D eigenvalue weighted by atomic mass is 16.6. The fourth-order valence-corrected chi connectivity index (χ4v) is 4.33. The summed E-state index contributed by atoms with van der Waals surface area (Å²) in [5.41, 5.74) is 3.24. The minimum absolute atomic E-state index is 0.172. The number of para-hydroxylation sites is 1. The zero-order valence-electron chi connectivity index (χ0n) is 21.5. The summed E-state index contributed by atoms with van der Waals surface area (Å²) in [6, 6.07) is 19.0. The molecule has 36 heavy (non-hydrogen) atoms. The summed E-state index contributed by atoms with van der Waals surface area (Å²) in [5.74, 6) is 1.28. The van der Waals surface area contributed by atoms with E-state index >= 15 is 0 Å². The van der Waals surface area contributed by atoms with Gasteiger partial charge in [0, 0.05) is 19.0 Å². The van der Waals surface area contributed by atoms with Crippen LogP contribution in [0.5, 0.6) is 11.5 Å². The second-order valence-electron chi connectivity index (χ2n) is 10.0. The minimum Gasteiger partial charge on any atom is -0.457 e. The number of nitrogens with one attached hydrogen (secondary N) is 1. The summed E-state index contributed by atoms with van der Waals surface area (Å²) >= 11 is 0. The second-order valence-corrected chi connectivity index (χ2v) is 10.0. The molecule has 2 aromatic carbocycles. The molecule has 1 fully saturated rings. The first-order valence-electron chi connectivity index (χ1n) is 12.2. The van der Waals surface area contributed by atoms with E-state index in [9.17, 15) is 9.59 Å². The number of pyridine rings is 1. The molecule has 1 saturated heterocycles. The van der Waals surface area contributed by atoms with Crippen LogP contribution in [0.3, 0.4) is 0 Å². The van der Waals surface area contributed by atoms with E-state index < -0.39 is 5.60 Å². The van der Waals surface area contributed by atoms with Crippen molar-refractivity contribution in [3.05, 3.63) is 71.9 Å². The first-order chi connectivity index (χ1) is 17.1. The van der Waals surface area contributed by atoms with E-state index in [1.165, 1.54) is 6.92 Å². The molecular weight excluding hydrogens is 454 g/mol. The van der Waals surface area contributed by atoms with Gasteiger partial charge in [-0.05, 0) is 88.6 Å². The molecule has 1 aromatic heterocycles. The lowest BCUT2D eigenvalue weighted by Crippen LogP contribution is -2.36. The van der Waals surface area contributed by atoms with Crippen LogP contribution in [-0.2, 0) is 9.53 Å². The Morgan fingerprint density at radius 2 is 1.69 bits per heavy atom. The lowest BCUT2D eigenvalue weighted by Gasteiger charge is -2.29. The highest BCUT2D eigenvalue weighted by molar-refractivity contribution is 5.94. The number of anilines is 1. The summed E-state index contributed by atoms with van der Waals surface area (Å²) in [6.07, 6.45) is 1.34. The van der Waals surface area contributed by atoms with Gasteiger partial charge in [-0.3, -0.25) is 9.69 Å². The lowest BCUT2D eigenvalue weighted by molar-refractivity contribution is -0.114. The Morgan fingerprint density at radius 3 is 2.33 bits per heavy atom. The maximum absolute atomic E-state index is 12.9. The topological polar surface area (TPSA) is 80.8 Å². The van der Waals surface area contributed by atoms with E-state index in [1.54, 1.807) is 4.90 Å². The van der Waals surface area contributed by atoms with Crippen molar-refractivity contribution >= 4 is 17.7 Å². The Kier molecular flexibility index (Phi) is 7.29. The fourth-order valence-electron chi connectivity index (χ4n) is 4.33. The molecule has 1 aliphatic rings. The van der Waals surface area contributed by atoms with Gasteiger partial charge in [0.15, 0.2) is 0 Å². The number of aromatic nitrogens is 1. The Labute approximate surface area is 212 Å². The van der Waals surface area contributed by atoms with Crippen LogP contribution in [-0.4, -0.2) is 34.0 Å². The van der Waals surface area contributed by atoms with Crippen molar-refractivity contribution in [2.75, 3.05) is 11.9 Å². The van der Waals surface area contributed by atoms with Gasteiger partial charge in [0.2, 0.25) is 5.91 Å². The van der Waals surface area contributed by atoms with Gasteiger partial charge >= 0.3 is 6.09 Å². The third-order valence-electron chi connectivity index (χ3n) is 5.87. The lowest BCUT2D eigenvalue weighted by atomic mass is 10.0. The molecule has 0 radical (unpaired) electrons. The number of likely N-dealkylation sites (tertiary alicyclic amines) is 1. The molecule has 3 aromatic rings. The fraction of sp³-hybridized carbons (Fsp3) is 0.345. The summed E-state index contributed by atoms with van der Waals surface area (Å²) in [7, 11) is 0. The summed E-state index contributed by atoms with van der Waals surface area (Å²) in [6.45, 7) is 9.64. The number of rotatable bonds is 5. The molecule has 1 unspecified atom stereocenters. The number of hydrogen-bond donors (Lipinski definition) is 1. The van der Waals surface area contributed by atoms with Crippen LogP contribution in [0.4, 0.5) is 10.5 Å². The van der Waals surface area contributed by atoms with Crippen LogP contribution in [0.15, 0.2) is 60.7 Å². The zero-order valence-corrected chi connectivity index (χ0v) is 21.5. The molecule has 1 atom stereocenters. The van der Waals surface area contributed by atoms with Crippen molar-refractivity contribution < 1.29 is 19.1 Å². The molecule has 4 rings (SSSR count). The van der Waals surface area contributed by atoms with Crippen molar-refractivity contribution in [1.29, 1.82) is 0 Å². The average molecular weight is 488 g/mol. The molecule has 188 valence electrons. The Hall–Kier alpha value is -3.87. The molecule has 1 N–H and O–H groups in total. The van der Waals surface area contributed by atoms with Crippen molar-refractivity contribution in [3.63, 3.8) is 0 Å². The average Bonchev–Trinajstić information content (AvgIpc) is 3.31. The van der Waals surface area contributed by atoms with E-state index in [2.05, 4.69) is 5.32 Å². The third-order valence-corrected chi connectivity index (χ3v) is 5.87. The molecule has 2 amide bonds. The standard InChI is InChI=1S/C29H33N3O4/c1-19-18-24(25-12-9-17-32(25)28(34)36-29(3,4)5)31-27(26(19)30-20(2)33)21-13-15-23(16-14-21)35-22-10-7-6-8-11-22/h6-8,10-11,13-16,18,25H,9,12,17H2,1-5H3,(H,30,33). The summed E-state index contributed by atoms with van der Waals surface area (Å²) in [5, 5.41) is 2.94. The van der Waals surface area contributed by atoms with Crippen LogP contribution >= 0.6 is 0 Å². The van der Waals surface area contributed by atoms with Gasteiger partial charge in [0.1, 0.15) is 17.1 Å². The first-order valence-corrected chi connectivity index (χ1v) is 12.2. The third kappa shape index (κ3) is 6.03. The summed E-state index contributed by atoms with van der Waals surface area (Å²) < 4.78 is 11.6. The number of carbonyl (C=O) groups is 2. The Balaban J connectivity index is 1.68. The zero-order chi connectivity index (χ0) is 25.9. The number of carbonyl (C=O) groups excluding carboxylic acids is 2. The maximum Gasteiger partial charge on any atom is 0.410 e. The molecule has 0 bridgehead atoms. The molecule has 2 heterocycles. The highest BCUT2D eigenvalue weighted by Crippen LogP contribution is 2.38. The van der Waals surface area contributed by atoms with Crippen LogP contribution < -0.4 is 10.1 Å². The maximum atomic E-state index is 12.9. The van der Waals surface area contributed by atoms with E-state index in [1.807, 2.05) is 88.4 Å². The number of benzene rings is 2. The van der Waals surface area contributed by atoms with E-state index in [-0.39, 0.29) is 18.0 Å².